The molecule has 4 atom stereocenters. The molecule has 0 unspecified atom stereocenters. The Bertz CT molecular complexity index is 401. The van der Waals surface area contributed by atoms with E-state index in [0.29, 0.717) is 6.61 Å². The second kappa shape index (κ2) is 19.2. The van der Waals surface area contributed by atoms with Crippen LogP contribution in [0.4, 0.5) is 0 Å². The van der Waals surface area contributed by atoms with Gasteiger partial charge < -0.3 is 24.8 Å². The van der Waals surface area contributed by atoms with Gasteiger partial charge in [0.1, 0.15) is 24.4 Å². The first-order valence-electron chi connectivity index (χ1n) is 12.5. The molecule has 30 heavy (non-hydrogen) atoms. The van der Waals surface area contributed by atoms with E-state index in [1.165, 1.54) is 83.5 Å². The summed E-state index contributed by atoms with van der Waals surface area (Å²) in [6, 6.07) is 0. The lowest BCUT2D eigenvalue weighted by Crippen LogP contribution is -2.41. The lowest BCUT2D eigenvalue weighted by molar-refractivity contribution is -0.0730. The average molecular weight is 429 g/mol. The van der Waals surface area contributed by atoms with Gasteiger partial charge in [0, 0.05) is 6.61 Å². The van der Waals surface area contributed by atoms with Crippen LogP contribution in [0.2, 0.25) is 0 Å². The molecule has 0 spiro atoms. The van der Waals surface area contributed by atoms with Crippen molar-refractivity contribution in [2.24, 2.45) is 0 Å². The van der Waals surface area contributed by atoms with Crippen molar-refractivity contribution in [3.63, 3.8) is 0 Å². The fraction of sp³-hybridized carbons (Fsp3) is 0.920. The normalized spacial score (nSPS) is 22.9. The Balaban J connectivity index is 1.78. The fourth-order valence-corrected chi connectivity index (χ4v) is 4.09. The Kier molecular flexibility index (Phi) is 17.7. The minimum Gasteiger partial charge on any atom is -0.394 e. The van der Waals surface area contributed by atoms with Gasteiger partial charge in [-0.2, -0.15) is 0 Å². The molecule has 0 saturated carbocycles. The Morgan fingerprint density at radius 2 is 1.37 bits per heavy atom. The number of aliphatic hydroxyl groups is 3. The summed E-state index contributed by atoms with van der Waals surface area (Å²) < 4.78 is 11.0. The predicted octanol–water partition coefficient (Wildman–Crippen LogP) is 4.91. The Morgan fingerprint density at radius 3 is 1.87 bits per heavy atom. The van der Waals surface area contributed by atoms with Crippen molar-refractivity contribution in [3.05, 3.63) is 12.2 Å². The lowest BCUT2D eigenvalue weighted by Gasteiger charge is -2.20. The highest BCUT2D eigenvalue weighted by Gasteiger charge is 2.40. The van der Waals surface area contributed by atoms with Gasteiger partial charge >= 0.3 is 0 Å². The quantitative estimate of drug-likeness (QED) is 0.190. The van der Waals surface area contributed by atoms with E-state index in [1.54, 1.807) is 0 Å². The molecular weight excluding hydrogens is 380 g/mol. The minimum absolute atomic E-state index is 0.277. The summed E-state index contributed by atoms with van der Waals surface area (Å²) >= 11 is 0. The SMILES string of the molecule is C/C=C/CCCCCCCCCCCCCCCCO[C@@H]1CO[C@@H]([C@@H](O)CO)[C@H]1O. The van der Waals surface area contributed by atoms with Crippen molar-refractivity contribution in [3.8, 4) is 0 Å². The summed E-state index contributed by atoms with van der Waals surface area (Å²) in [6.07, 6.45) is 21.1. The molecule has 1 aliphatic rings. The summed E-state index contributed by atoms with van der Waals surface area (Å²) in [7, 11) is 0. The monoisotopic (exact) mass is 428 g/mol. The van der Waals surface area contributed by atoms with Gasteiger partial charge in [-0.1, -0.05) is 89.2 Å². The molecule has 0 amide bonds. The van der Waals surface area contributed by atoms with Crippen LogP contribution in [0, 0.1) is 0 Å². The Labute approximate surface area is 184 Å². The van der Waals surface area contributed by atoms with E-state index < -0.39 is 31.0 Å². The zero-order chi connectivity index (χ0) is 21.9. The maximum atomic E-state index is 10.1. The molecule has 3 N–H and O–H groups in total. The Hall–Kier alpha value is -0.460. The molecule has 0 aliphatic carbocycles. The van der Waals surface area contributed by atoms with Crippen LogP contribution in [0.3, 0.4) is 0 Å². The summed E-state index contributed by atoms with van der Waals surface area (Å²) in [6.45, 7) is 2.58. The summed E-state index contributed by atoms with van der Waals surface area (Å²) in [5, 5.41) is 28.6. The number of unbranched alkanes of at least 4 members (excludes halogenated alkanes) is 14. The van der Waals surface area contributed by atoms with Crippen LogP contribution in [0.25, 0.3) is 0 Å². The molecule has 0 aromatic carbocycles. The van der Waals surface area contributed by atoms with Gasteiger partial charge in [0.2, 0.25) is 0 Å². The molecule has 1 fully saturated rings. The van der Waals surface area contributed by atoms with Crippen molar-refractivity contribution in [1.82, 2.24) is 0 Å². The molecular formula is C25H48O5. The minimum atomic E-state index is -1.05. The van der Waals surface area contributed by atoms with E-state index in [1.807, 2.05) is 0 Å². The highest BCUT2D eigenvalue weighted by molar-refractivity contribution is 4.88. The van der Waals surface area contributed by atoms with Crippen LogP contribution in [0.1, 0.15) is 103 Å². The summed E-state index contributed by atoms with van der Waals surface area (Å²) in [5.41, 5.74) is 0. The maximum absolute atomic E-state index is 10.1. The zero-order valence-electron chi connectivity index (χ0n) is 19.4. The van der Waals surface area contributed by atoms with Crippen molar-refractivity contribution >= 4 is 0 Å². The molecule has 0 radical (unpaired) electrons. The number of hydrogen-bond acceptors (Lipinski definition) is 5. The molecule has 1 rings (SSSR count). The summed E-state index contributed by atoms with van der Waals surface area (Å²) in [5.74, 6) is 0. The zero-order valence-corrected chi connectivity index (χ0v) is 19.4. The third kappa shape index (κ3) is 13.1. The smallest absolute Gasteiger partial charge is 0.114 e. The van der Waals surface area contributed by atoms with Crippen LogP contribution in [-0.2, 0) is 9.47 Å². The molecule has 5 nitrogen and oxygen atoms in total. The van der Waals surface area contributed by atoms with E-state index in [4.69, 9.17) is 14.6 Å². The first-order valence-corrected chi connectivity index (χ1v) is 12.5. The topological polar surface area (TPSA) is 79.2 Å². The average Bonchev–Trinajstić information content (AvgIpc) is 3.12. The van der Waals surface area contributed by atoms with Crippen molar-refractivity contribution in [1.29, 1.82) is 0 Å². The van der Waals surface area contributed by atoms with Gasteiger partial charge in [0.05, 0.1) is 13.2 Å². The molecule has 0 aromatic heterocycles. The highest BCUT2D eigenvalue weighted by Crippen LogP contribution is 2.20. The van der Waals surface area contributed by atoms with Gasteiger partial charge in [0.25, 0.3) is 0 Å². The van der Waals surface area contributed by atoms with Crippen molar-refractivity contribution in [2.75, 3.05) is 19.8 Å². The first kappa shape index (κ1) is 27.6. The highest BCUT2D eigenvalue weighted by atomic mass is 16.6. The van der Waals surface area contributed by atoms with Crippen LogP contribution in [0.5, 0.6) is 0 Å². The number of rotatable bonds is 20. The number of hydrogen-bond donors (Lipinski definition) is 3. The molecule has 178 valence electrons. The molecule has 1 heterocycles. The standard InChI is InChI=1S/C25H48O5/c1-2-3-4-5-6-7-8-9-10-11-12-13-14-15-16-17-18-19-29-23-21-30-25(24(23)28)22(27)20-26/h2-3,22-28H,4-21H2,1H3/b3-2+/t22-,23+,24-,25-/m0/s1. The van der Waals surface area contributed by atoms with E-state index in [-0.39, 0.29) is 6.61 Å². The second-order valence-corrected chi connectivity index (χ2v) is 8.76. The summed E-state index contributed by atoms with van der Waals surface area (Å²) in [4.78, 5) is 0. The van der Waals surface area contributed by atoms with Gasteiger partial charge in [0.15, 0.2) is 0 Å². The van der Waals surface area contributed by atoms with Gasteiger partial charge in [-0.05, 0) is 26.2 Å². The molecule has 0 aromatic rings. The van der Waals surface area contributed by atoms with E-state index >= 15 is 0 Å². The van der Waals surface area contributed by atoms with Crippen LogP contribution in [0.15, 0.2) is 12.2 Å². The van der Waals surface area contributed by atoms with Gasteiger partial charge in [-0.15, -0.1) is 0 Å². The van der Waals surface area contributed by atoms with E-state index in [2.05, 4.69) is 19.1 Å². The lowest BCUT2D eigenvalue weighted by atomic mass is 10.0. The van der Waals surface area contributed by atoms with Crippen LogP contribution >= 0.6 is 0 Å². The fourth-order valence-electron chi connectivity index (χ4n) is 4.09. The number of allylic oxidation sites excluding steroid dienone is 2. The van der Waals surface area contributed by atoms with E-state index in [9.17, 15) is 10.2 Å². The van der Waals surface area contributed by atoms with Gasteiger partial charge in [-0.25, -0.2) is 0 Å². The third-order valence-corrected chi connectivity index (χ3v) is 6.07. The third-order valence-electron chi connectivity index (χ3n) is 6.07. The van der Waals surface area contributed by atoms with Crippen molar-refractivity contribution < 1.29 is 24.8 Å². The predicted molar refractivity (Wildman–Crippen MR) is 123 cm³/mol. The first-order chi connectivity index (χ1) is 14.7. The number of aliphatic hydroxyl groups excluding tert-OH is 3. The maximum Gasteiger partial charge on any atom is 0.114 e. The molecule has 0 bridgehead atoms. The molecule has 1 saturated heterocycles. The van der Waals surface area contributed by atoms with Gasteiger partial charge in [-0.3, -0.25) is 0 Å². The van der Waals surface area contributed by atoms with Crippen LogP contribution in [-0.4, -0.2) is 59.6 Å². The Morgan fingerprint density at radius 1 is 0.867 bits per heavy atom. The molecule has 5 heteroatoms. The van der Waals surface area contributed by atoms with Crippen LogP contribution < -0.4 is 0 Å². The largest absolute Gasteiger partial charge is 0.394 e. The number of ether oxygens (including phenoxy) is 2. The van der Waals surface area contributed by atoms with E-state index in [0.717, 1.165) is 12.8 Å². The van der Waals surface area contributed by atoms with Crippen molar-refractivity contribution in [2.45, 2.75) is 128 Å². The molecule has 1 aliphatic heterocycles. The second-order valence-electron chi connectivity index (χ2n) is 8.76.